The van der Waals surface area contributed by atoms with Crippen molar-refractivity contribution in [3.05, 3.63) is 6.42 Å². The maximum atomic E-state index is 6.59. The predicted octanol–water partition coefficient (Wildman–Crippen LogP) is 2.16. The van der Waals surface area contributed by atoms with Gasteiger partial charge in [0.2, 0.25) is 0 Å². The monoisotopic (exact) mass is 119 g/mol. The lowest BCUT2D eigenvalue weighted by Gasteiger charge is -1.90. The summed E-state index contributed by atoms with van der Waals surface area (Å²) in [6, 6.07) is 0. The lowest BCUT2D eigenvalue weighted by atomic mass is 10.1. The Kier molecular flexibility index (Phi) is 6.42. The Labute approximate surface area is 57.7 Å². The Morgan fingerprint density at radius 2 is 1.78 bits per heavy atom. The fourth-order valence-electron chi connectivity index (χ4n) is 0.617. The van der Waals surface area contributed by atoms with E-state index in [4.69, 9.17) is 12.8 Å². The molecule has 0 unspecified atom stereocenters. The summed E-state index contributed by atoms with van der Waals surface area (Å²) in [6.07, 6.45) is 16.6. The van der Waals surface area contributed by atoms with E-state index in [1.165, 1.54) is 0 Å². The zero-order valence-electron chi connectivity index (χ0n) is 5.61. The molecular formula is C9H11. The highest BCUT2D eigenvalue weighted by Crippen LogP contribution is 2.00. The summed E-state index contributed by atoms with van der Waals surface area (Å²) in [4.78, 5) is 0. The maximum absolute atomic E-state index is 6.59. The van der Waals surface area contributed by atoms with Gasteiger partial charge in [-0.25, -0.2) is 0 Å². The summed E-state index contributed by atoms with van der Waals surface area (Å²) >= 11 is 0. The highest BCUT2D eigenvalue weighted by molar-refractivity contribution is 4.83. The third kappa shape index (κ3) is 7.12. The number of hydrogen-bond acceptors (Lipinski definition) is 0. The van der Waals surface area contributed by atoms with Crippen LogP contribution in [0.1, 0.15) is 32.1 Å². The summed E-state index contributed by atoms with van der Waals surface area (Å²) < 4.78 is 0. The molecular weight excluding hydrogens is 108 g/mol. The molecule has 0 heterocycles. The van der Waals surface area contributed by atoms with Crippen molar-refractivity contribution in [2.45, 2.75) is 32.1 Å². The largest absolute Gasteiger partial charge is 0.120 e. The van der Waals surface area contributed by atoms with Crippen LogP contribution < -0.4 is 0 Å². The van der Waals surface area contributed by atoms with Crippen LogP contribution in [0.2, 0.25) is 0 Å². The van der Waals surface area contributed by atoms with Gasteiger partial charge in [-0.2, -0.15) is 0 Å². The van der Waals surface area contributed by atoms with E-state index in [0.717, 1.165) is 32.1 Å². The van der Waals surface area contributed by atoms with Crippen LogP contribution in [0.5, 0.6) is 0 Å². The van der Waals surface area contributed by atoms with E-state index in [0.29, 0.717) is 0 Å². The third-order valence-electron chi connectivity index (χ3n) is 1.12. The summed E-state index contributed by atoms with van der Waals surface area (Å²) in [6.45, 7) is 0. The Morgan fingerprint density at radius 1 is 1.11 bits per heavy atom. The minimum Gasteiger partial charge on any atom is -0.120 e. The van der Waals surface area contributed by atoms with Gasteiger partial charge in [-0.15, -0.1) is 12.3 Å². The standard InChI is InChI=1S/C9H11/c1-3-5-7-9-8-6-4-2/h1H,5-9H2. The van der Waals surface area contributed by atoms with Gasteiger partial charge in [0.15, 0.2) is 0 Å². The van der Waals surface area contributed by atoms with Gasteiger partial charge in [0, 0.05) is 12.8 Å². The van der Waals surface area contributed by atoms with Gasteiger partial charge >= 0.3 is 0 Å². The summed E-state index contributed by atoms with van der Waals surface area (Å²) in [5, 5.41) is 0. The molecule has 0 aromatic rings. The van der Waals surface area contributed by atoms with Gasteiger partial charge in [-0.3, -0.25) is 0 Å². The minimum absolute atomic E-state index is 0.782. The third-order valence-corrected chi connectivity index (χ3v) is 1.12. The van der Waals surface area contributed by atoms with E-state index in [1.54, 1.807) is 0 Å². The molecule has 0 atom stereocenters. The van der Waals surface area contributed by atoms with Crippen molar-refractivity contribution in [1.29, 1.82) is 0 Å². The van der Waals surface area contributed by atoms with Gasteiger partial charge in [0.05, 0.1) is 0 Å². The predicted molar refractivity (Wildman–Crippen MR) is 39.0 cm³/mol. The van der Waals surface area contributed by atoms with Crippen LogP contribution in [-0.4, -0.2) is 0 Å². The molecule has 0 aliphatic rings. The van der Waals surface area contributed by atoms with Crippen molar-refractivity contribution >= 4 is 0 Å². The molecule has 0 aromatic carbocycles. The first-order valence-corrected chi connectivity index (χ1v) is 3.25. The number of unbranched alkanes of at least 4 members (excludes halogenated alkanes) is 4. The van der Waals surface area contributed by atoms with Gasteiger partial charge < -0.3 is 0 Å². The highest BCUT2D eigenvalue weighted by atomic mass is 13.9. The van der Waals surface area contributed by atoms with Crippen LogP contribution in [0.4, 0.5) is 0 Å². The fourth-order valence-corrected chi connectivity index (χ4v) is 0.617. The lowest BCUT2D eigenvalue weighted by molar-refractivity contribution is 0.709. The molecule has 0 rings (SSSR count). The summed E-state index contributed by atoms with van der Waals surface area (Å²) in [7, 11) is 0. The quantitative estimate of drug-likeness (QED) is 0.393. The SMILES string of the molecule is [C]#CCCCCCC#C. The first kappa shape index (κ1) is 8.12. The molecule has 0 nitrogen and oxygen atoms in total. The lowest BCUT2D eigenvalue weighted by Crippen LogP contribution is -1.73. The summed E-state index contributed by atoms with van der Waals surface area (Å²) in [5.41, 5.74) is 0. The summed E-state index contributed by atoms with van der Waals surface area (Å²) in [5.74, 6) is 4.92. The molecule has 0 saturated carbocycles. The molecule has 1 radical (unpaired) electrons. The first-order chi connectivity index (χ1) is 4.41. The molecule has 0 amide bonds. The maximum Gasteiger partial charge on any atom is 0.00989 e. The number of terminal acetylenes is 1. The van der Waals surface area contributed by atoms with Crippen LogP contribution >= 0.6 is 0 Å². The molecule has 0 heteroatoms. The van der Waals surface area contributed by atoms with Crippen molar-refractivity contribution in [3.8, 4) is 18.3 Å². The van der Waals surface area contributed by atoms with Crippen molar-refractivity contribution in [1.82, 2.24) is 0 Å². The van der Waals surface area contributed by atoms with E-state index in [-0.39, 0.29) is 0 Å². The molecule has 0 aliphatic heterocycles. The second kappa shape index (κ2) is 7.12. The fraction of sp³-hybridized carbons (Fsp3) is 0.556. The Hall–Kier alpha value is -0.880. The van der Waals surface area contributed by atoms with E-state index in [2.05, 4.69) is 11.8 Å². The van der Waals surface area contributed by atoms with Gasteiger partial charge in [-0.1, -0.05) is 12.3 Å². The number of rotatable bonds is 4. The highest BCUT2D eigenvalue weighted by Gasteiger charge is 1.83. The zero-order chi connectivity index (χ0) is 6.95. The minimum atomic E-state index is 0.782. The molecule has 0 aromatic heterocycles. The zero-order valence-corrected chi connectivity index (χ0v) is 5.61. The Bertz CT molecular complexity index is 104. The molecule has 47 valence electrons. The average molecular weight is 119 g/mol. The van der Waals surface area contributed by atoms with Crippen molar-refractivity contribution < 1.29 is 0 Å². The molecule has 0 bridgehead atoms. The first-order valence-electron chi connectivity index (χ1n) is 3.25. The second-order valence-corrected chi connectivity index (χ2v) is 1.94. The van der Waals surface area contributed by atoms with E-state index in [9.17, 15) is 0 Å². The number of hydrogen-bond donors (Lipinski definition) is 0. The van der Waals surface area contributed by atoms with Gasteiger partial charge in [0.25, 0.3) is 0 Å². The average Bonchev–Trinajstić information content (AvgIpc) is 1.89. The Balaban J connectivity index is 2.79. The van der Waals surface area contributed by atoms with Crippen LogP contribution in [0.15, 0.2) is 0 Å². The van der Waals surface area contributed by atoms with Crippen molar-refractivity contribution in [2.75, 3.05) is 0 Å². The molecule has 9 heavy (non-hydrogen) atoms. The van der Waals surface area contributed by atoms with Crippen LogP contribution in [-0.2, 0) is 0 Å². The molecule has 0 saturated heterocycles. The van der Waals surface area contributed by atoms with Crippen LogP contribution in [0.3, 0.4) is 0 Å². The van der Waals surface area contributed by atoms with Gasteiger partial charge in [-0.05, 0) is 19.3 Å². The second-order valence-electron chi connectivity index (χ2n) is 1.94. The molecule has 0 aliphatic carbocycles. The van der Waals surface area contributed by atoms with Crippen molar-refractivity contribution in [2.24, 2.45) is 0 Å². The smallest absolute Gasteiger partial charge is 0.00989 e. The normalized spacial score (nSPS) is 7.78. The van der Waals surface area contributed by atoms with Crippen molar-refractivity contribution in [3.63, 3.8) is 0 Å². The van der Waals surface area contributed by atoms with E-state index in [1.807, 2.05) is 0 Å². The van der Waals surface area contributed by atoms with Crippen LogP contribution in [0.25, 0.3) is 0 Å². The van der Waals surface area contributed by atoms with E-state index < -0.39 is 0 Å². The molecule has 0 N–H and O–H groups in total. The van der Waals surface area contributed by atoms with Gasteiger partial charge in [0.1, 0.15) is 0 Å². The topological polar surface area (TPSA) is 0 Å². The molecule has 0 fully saturated rings. The van der Waals surface area contributed by atoms with E-state index >= 15 is 0 Å². The van der Waals surface area contributed by atoms with Crippen LogP contribution in [0, 0.1) is 24.7 Å². The molecule has 0 spiro atoms. The Morgan fingerprint density at radius 3 is 2.33 bits per heavy atom.